The van der Waals surface area contributed by atoms with Crippen molar-refractivity contribution < 1.29 is 9.47 Å². The molecule has 1 rings (SSSR count). The molecule has 0 unspecified atom stereocenters. The van der Waals surface area contributed by atoms with Gasteiger partial charge in [-0.25, -0.2) is 0 Å². The molecule has 0 aromatic carbocycles. The van der Waals surface area contributed by atoms with Gasteiger partial charge in [-0.1, -0.05) is 6.92 Å². The number of methoxy groups -OCH3 is 1. The number of rotatable bonds is 10. The fourth-order valence-corrected chi connectivity index (χ4v) is 1.82. The van der Waals surface area contributed by atoms with Gasteiger partial charge in [0.2, 0.25) is 0 Å². The average molecular weight is 266 g/mol. The van der Waals surface area contributed by atoms with Crippen molar-refractivity contribution in [2.24, 2.45) is 0 Å². The Labute approximate surface area is 116 Å². The standard InChI is InChI=1S/C15H26N2O2/c1-4-14-15(8-7-13(2)17-14)19-11-6-5-9-16-10-12-18-3/h7-8,16H,4-6,9-12H2,1-3H3. The monoisotopic (exact) mass is 266 g/mol. The summed E-state index contributed by atoms with van der Waals surface area (Å²) in [5.41, 5.74) is 2.10. The van der Waals surface area contributed by atoms with Gasteiger partial charge in [0.05, 0.1) is 18.9 Å². The molecule has 0 fully saturated rings. The Morgan fingerprint density at radius 3 is 2.74 bits per heavy atom. The Morgan fingerprint density at radius 2 is 2.00 bits per heavy atom. The summed E-state index contributed by atoms with van der Waals surface area (Å²) >= 11 is 0. The Morgan fingerprint density at radius 1 is 1.16 bits per heavy atom. The predicted octanol–water partition coefficient (Wildman–Crippen LogP) is 2.35. The highest BCUT2D eigenvalue weighted by molar-refractivity contribution is 5.29. The van der Waals surface area contributed by atoms with Gasteiger partial charge in [0.1, 0.15) is 5.75 Å². The summed E-state index contributed by atoms with van der Waals surface area (Å²) in [5.74, 6) is 0.931. The predicted molar refractivity (Wildman–Crippen MR) is 77.8 cm³/mol. The summed E-state index contributed by atoms with van der Waals surface area (Å²) in [6.45, 7) is 7.57. The minimum atomic E-state index is 0.754. The van der Waals surface area contributed by atoms with Crippen LogP contribution in [0.25, 0.3) is 0 Å². The van der Waals surface area contributed by atoms with Crippen LogP contribution in [0.3, 0.4) is 0 Å². The van der Waals surface area contributed by atoms with E-state index >= 15 is 0 Å². The lowest BCUT2D eigenvalue weighted by Gasteiger charge is -2.10. The zero-order valence-electron chi connectivity index (χ0n) is 12.4. The summed E-state index contributed by atoms with van der Waals surface area (Å²) in [7, 11) is 1.72. The fraction of sp³-hybridized carbons (Fsp3) is 0.667. The van der Waals surface area contributed by atoms with Crippen LogP contribution in [0.2, 0.25) is 0 Å². The number of nitrogens with zero attached hydrogens (tertiary/aromatic N) is 1. The molecule has 0 aliphatic rings. The maximum atomic E-state index is 5.80. The van der Waals surface area contributed by atoms with Gasteiger partial charge in [0.25, 0.3) is 0 Å². The average Bonchev–Trinajstić information content (AvgIpc) is 2.43. The lowest BCUT2D eigenvalue weighted by molar-refractivity contribution is 0.199. The number of nitrogens with one attached hydrogen (secondary N) is 1. The summed E-state index contributed by atoms with van der Waals surface area (Å²) in [6.07, 6.45) is 3.08. The van der Waals surface area contributed by atoms with E-state index in [1.807, 2.05) is 19.1 Å². The van der Waals surface area contributed by atoms with E-state index in [4.69, 9.17) is 9.47 Å². The molecule has 108 valence electrons. The Hall–Kier alpha value is -1.13. The van der Waals surface area contributed by atoms with Gasteiger partial charge in [-0.05, 0) is 44.9 Å². The van der Waals surface area contributed by atoms with Crippen molar-refractivity contribution in [3.63, 3.8) is 0 Å². The molecule has 1 aromatic rings. The second-order valence-corrected chi connectivity index (χ2v) is 4.55. The topological polar surface area (TPSA) is 43.4 Å². The first kappa shape index (κ1) is 15.9. The molecule has 0 radical (unpaired) electrons. The van der Waals surface area contributed by atoms with Crippen molar-refractivity contribution in [1.29, 1.82) is 0 Å². The van der Waals surface area contributed by atoms with E-state index in [9.17, 15) is 0 Å². The van der Waals surface area contributed by atoms with Crippen molar-refractivity contribution in [2.75, 3.05) is 33.4 Å². The molecule has 0 saturated heterocycles. The molecule has 0 spiro atoms. The van der Waals surface area contributed by atoms with Crippen LogP contribution in [0.15, 0.2) is 12.1 Å². The minimum absolute atomic E-state index is 0.754. The smallest absolute Gasteiger partial charge is 0.140 e. The number of hydrogen-bond donors (Lipinski definition) is 1. The van der Waals surface area contributed by atoms with E-state index in [1.54, 1.807) is 7.11 Å². The number of pyridine rings is 1. The number of hydrogen-bond acceptors (Lipinski definition) is 4. The van der Waals surface area contributed by atoms with Gasteiger partial charge in [-0.2, -0.15) is 0 Å². The van der Waals surface area contributed by atoms with Crippen LogP contribution in [-0.4, -0.2) is 38.4 Å². The van der Waals surface area contributed by atoms with E-state index in [-0.39, 0.29) is 0 Å². The van der Waals surface area contributed by atoms with Gasteiger partial charge in [-0.15, -0.1) is 0 Å². The molecule has 4 heteroatoms. The molecule has 0 saturated carbocycles. The first-order chi connectivity index (χ1) is 9.27. The molecule has 0 atom stereocenters. The molecule has 0 aliphatic carbocycles. The molecule has 0 bridgehead atoms. The molecular weight excluding hydrogens is 240 g/mol. The molecule has 1 heterocycles. The van der Waals surface area contributed by atoms with Crippen LogP contribution in [0.5, 0.6) is 5.75 Å². The normalized spacial score (nSPS) is 10.7. The van der Waals surface area contributed by atoms with Crippen LogP contribution < -0.4 is 10.1 Å². The first-order valence-electron chi connectivity index (χ1n) is 7.07. The SMILES string of the molecule is CCc1nc(C)ccc1OCCCCNCCOC. The molecule has 1 aromatic heterocycles. The number of aryl methyl sites for hydroxylation is 2. The second kappa shape index (κ2) is 9.75. The summed E-state index contributed by atoms with van der Waals surface area (Å²) in [4.78, 5) is 4.49. The fourth-order valence-electron chi connectivity index (χ4n) is 1.82. The first-order valence-corrected chi connectivity index (χ1v) is 7.07. The molecule has 1 N–H and O–H groups in total. The third-order valence-corrected chi connectivity index (χ3v) is 2.89. The van der Waals surface area contributed by atoms with Crippen LogP contribution in [0.1, 0.15) is 31.2 Å². The summed E-state index contributed by atoms with van der Waals surface area (Å²) in [6, 6.07) is 4.03. The zero-order chi connectivity index (χ0) is 13.9. The zero-order valence-corrected chi connectivity index (χ0v) is 12.4. The van der Waals surface area contributed by atoms with Crippen molar-refractivity contribution in [1.82, 2.24) is 10.3 Å². The van der Waals surface area contributed by atoms with Gasteiger partial charge in [-0.3, -0.25) is 4.98 Å². The molecule has 4 nitrogen and oxygen atoms in total. The van der Waals surface area contributed by atoms with E-state index in [0.29, 0.717) is 0 Å². The lowest BCUT2D eigenvalue weighted by Crippen LogP contribution is -2.20. The van der Waals surface area contributed by atoms with Gasteiger partial charge >= 0.3 is 0 Å². The summed E-state index contributed by atoms with van der Waals surface area (Å²) < 4.78 is 10.8. The molecule has 0 aliphatic heterocycles. The summed E-state index contributed by atoms with van der Waals surface area (Å²) in [5, 5.41) is 3.32. The maximum absolute atomic E-state index is 5.80. The van der Waals surface area contributed by atoms with Crippen molar-refractivity contribution in [3.8, 4) is 5.75 Å². The van der Waals surface area contributed by atoms with E-state index in [1.165, 1.54) is 0 Å². The quantitative estimate of drug-likeness (QED) is 0.660. The minimum Gasteiger partial charge on any atom is -0.492 e. The second-order valence-electron chi connectivity index (χ2n) is 4.55. The third kappa shape index (κ3) is 6.55. The highest BCUT2D eigenvalue weighted by Gasteiger charge is 2.03. The molecule has 19 heavy (non-hydrogen) atoms. The molecular formula is C15H26N2O2. The lowest BCUT2D eigenvalue weighted by atomic mass is 10.2. The van der Waals surface area contributed by atoms with Crippen molar-refractivity contribution >= 4 is 0 Å². The number of ether oxygens (including phenoxy) is 2. The number of unbranched alkanes of at least 4 members (excludes halogenated alkanes) is 1. The van der Waals surface area contributed by atoms with Crippen molar-refractivity contribution in [3.05, 3.63) is 23.5 Å². The Balaban J connectivity index is 2.15. The van der Waals surface area contributed by atoms with Crippen molar-refractivity contribution in [2.45, 2.75) is 33.1 Å². The Bertz CT molecular complexity index is 356. The van der Waals surface area contributed by atoms with E-state index in [2.05, 4.69) is 17.2 Å². The number of aromatic nitrogens is 1. The van der Waals surface area contributed by atoms with E-state index in [0.717, 1.165) is 62.7 Å². The van der Waals surface area contributed by atoms with Crippen LogP contribution in [0, 0.1) is 6.92 Å². The highest BCUT2D eigenvalue weighted by Crippen LogP contribution is 2.17. The van der Waals surface area contributed by atoms with Gasteiger partial charge in [0, 0.05) is 19.3 Å². The van der Waals surface area contributed by atoms with Crippen LogP contribution in [-0.2, 0) is 11.2 Å². The Kier molecular flexibility index (Phi) is 8.18. The highest BCUT2D eigenvalue weighted by atomic mass is 16.5. The van der Waals surface area contributed by atoms with Gasteiger partial charge in [0.15, 0.2) is 0 Å². The van der Waals surface area contributed by atoms with E-state index < -0.39 is 0 Å². The largest absolute Gasteiger partial charge is 0.492 e. The maximum Gasteiger partial charge on any atom is 0.140 e. The van der Waals surface area contributed by atoms with Crippen LogP contribution >= 0.6 is 0 Å². The third-order valence-electron chi connectivity index (χ3n) is 2.89. The molecule has 0 amide bonds. The van der Waals surface area contributed by atoms with Crippen LogP contribution in [0.4, 0.5) is 0 Å². The van der Waals surface area contributed by atoms with Gasteiger partial charge < -0.3 is 14.8 Å².